The lowest BCUT2D eigenvalue weighted by molar-refractivity contribution is 0.0130. The molecular weight excluding hydrogens is 444 g/mol. The molecule has 0 saturated carbocycles. The SMILES string of the molecule is O=C(Nc1cc(F)c(F)c(F)c1)c1ccc(F)c(S(=O)(=O)N2CCOCC(O)CC2)c1. The molecule has 0 spiro atoms. The molecule has 1 aliphatic rings. The number of halogens is 4. The van der Waals surface area contributed by atoms with E-state index >= 15 is 0 Å². The summed E-state index contributed by atoms with van der Waals surface area (Å²) in [5.41, 5.74) is -0.724. The fraction of sp³-hybridized carbons (Fsp3) is 0.316. The average Bonchev–Trinajstić information content (AvgIpc) is 2.69. The predicted octanol–water partition coefficient (Wildman–Crippen LogP) is 2.27. The number of hydrogen-bond donors (Lipinski definition) is 2. The molecule has 2 aromatic rings. The quantitative estimate of drug-likeness (QED) is 0.537. The second-order valence-electron chi connectivity index (χ2n) is 6.77. The van der Waals surface area contributed by atoms with E-state index in [9.17, 15) is 35.9 Å². The van der Waals surface area contributed by atoms with Crippen LogP contribution in [-0.4, -0.2) is 56.1 Å². The van der Waals surface area contributed by atoms with Crippen LogP contribution < -0.4 is 5.32 Å². The number of aliphatic hydroxyl groups is 1. The van der Waals surface area contributed by atoms with Crippen molar-refractivity contribution in [2.45, 2.75) is 17.4 Å². The summed E-state index contributed by atoms with van der Waals surface area (Å²) in [6, 6.07) is 3.63. The normalized spacial score (nSPS) is 18.3. The number of carbonyl (C=O) groups is 1. The Morgan fingerprint density at radius 2 is 1.74 bits per heavy atom. The van der Waals surface area contributed by atoms with Gasteiger partial charge in [-0.1, -0.05) is 0 Å². The van der Waals surface area contributed by atoms with Gasteiger partial charge in [0.1, 0.15) is 10.7 Å². The van der Waals surface area contributed by atoms with Crippen molar-refractivity contribution in [3.63, 3.8) is 0 Å². The number of nitrogens with one attached hydrogen (secondary N) is 1. The number of rotatable bonds is 4. The molecule has 168 valence electrons. The molecule has 7 nitrogen and oxygen atoms in total. The standard InChI is InChI=1S/C19H18F4N2O5S/c20-14-2-1-11(19(27)24-12-8-15(21)18(23)16(22)9-12)7-17(14)31(28,29)25-4-3-13(26)10-30-6-5-25/h1-2,7-9,13,26H,3-6,10H2,(H,24,27). The topological polar surface area (TPSA) is 95.9 Å². The molecule has 2 N–H and O–H groups in total. The van der Waals surface area contributed by atoms with E-state index in [1.807, 2.05) is 0 Å². The number of nitrogens with zero attached hydrogens (tertiary/aromatic N) is 1. The summed E-state index contributed by atoms with van der Waals surface area (Å²) in [7, 11) is -4.39. The number of benzene rings is 2. The van der Waals surface area contributed by atoms with Gasteiger partial charge in [-0.3, -0.25) is 4.79 Å². The van der Waals surface area contributed by atoms with Gasteiger partial charge in [-0.05, 0) is 24.6 Å². The summed E-state index contributed by atoms with van der Waals surface area (Å²) in [5, 5.41) is 11.8. The lowest BCUT2D eigenvalue weighted by Crippen LogP contribution is -2.39. The van der Waals surface area contributed by atoms with Gasteiger partial charge in [0.05, 0.1) is 19.3 Å². The molecule has 0 radical (unpaired) electrons. The van der Waals surface area contributed by atoms with Crippen molar-refractivity contribution in [2.24, 2.45) is 0 Å². The van der Waals surface area contributed by atoms with Crippen molar-refractivity contribution >= 4 is 21.6 Å². The molecule has 1 unspecified atom stereocenters. The first kappa shape index (κ1) is 23.1. The first-order chi connectivity index (χ1) is 14.6. The van der Waals surface area contributed by atoms with Crippen LogP contribution in [0.25, 0.3) is 0 Å². The van der Waals surface area contributed by atoms with Crippen LogP contribution in [0.4, 0.5) is 23.2 Å². The van der Waals surface area contributed by atoms with Crippen molar-refractivity contribution in [1.82, 2.24) is 4.31 Å². The third-order valence-electron chi connectivity index (χ3n) is 4.56. The highest BCUT2D eigenvalue weighted by atomic mass is 32.2. The van der Waals surface area contributed by atoms with E-state index in [2.05, 4.69) is 5.32 Å². The van der Waals surface area contributed by atoms with E-state index in [1.165, 1.54) is 0 Å². The van der Waals surface area contributed by atoms with Gasteiger partial charge in [-0.15, -0.1) is 0 Å². The molecule has 0 aromatic heterocycles. The Kier molecular flexibility index (Phi) is 6.94. The van der Waals surface area contributed by atoms with E-state index in [0.717, 1.165) is 22.5 Å². The van der Waals surface area contributed by atoms with E-state index < -0.39 is 55.9 Å². The maximum absolute atomic E-state index is 14.4. The first-order valence-corrected chi connectivity index (χ1v) is 10.5. The molecule has 1 amide bonds. The van der Waals surface area contributed by atoms with Crippen molar-refractivity contribution in [1.29, 1.82) is 0 Å². The molecule has 2 aromatic carbocycles. The molecule has 0 aliphatic carbocycles. The summed E-state index contributed by atoms with van der Waals surface area (Å²) >= 11 is 0. The summed E-state index contributed by atoms with van der Waals surface area (Å²) < 4.78 is 86.0. The third-order valence-corrected chi connectivity index (χ3v) is 6.47. The molecule has 1 heterocycles. The maximum atomic E-state index is 14.4. The minimum Gasteiger partial charge on any atom is -0.391 e. The van der Waals surface area contributed by atoms with Crippen molar-refractivity contribution in [3.8, 4) is 0 Å². The van der Waals surface area contributed by atoms with Crippen LogP contribution in [-0.2, 0) is 14.8 Å². The Bertz CT molecular complexity index is 1070. The Hall–Kier alpha value is -2.54. The Labute approximate surface area is 175 Å². The zero-order valence-electron chi connectivity index (χ0n) is 15.9. The molecule has 1 aliphatic heterocycles. The first-order valence-electron chi connectivity index (χ1n) is 9.11. The zero-order chi connectivity index (χ0) is 22.8. The molecule has 0 bridgehead atoms. The largest absolute Gasteiger partial charge is 0.391 e. The molecule has 3 rings (SSSR count). The van der Waals surface area contributed by atoms with Gasteiger partial charge in [0, 0.05) is 36.5 Å². The number of aliphatic hydroxyl groups excluding tert-OH is 1. The Morgan fingerprint density at radius 1 is 1.06 bits per heavy atom. The van der Waals surface area contributed by atoms with Crippen molar-refractivity contribution < 1.29 is 40.6 Å². The molecule has 12 heteroatoms. The number of hydrogen-bond acceptors (Lipinski definition) is 5. The predicted molar refractivity (Wildman–Crippen MR) is 101 cm³/mol. The number of anilines is 1. The minimum atomic E-state index is -4.39. The van der Waals surface area contributed by atoms with E-state index in [1.54, 1.807) is 0 Å². The minimum absolute atomic E-state index is 0.0141. The summed E-state index contributed by atoms with van der Waals surface area (Å²) in [5.74, 6) is -6.87. The Balaban J connectivity index is 1.87. The van der Waals surface area contributed by atoms with Crippen LogP contribution in [0.3, 0.4) is 0 Å². The van der Waals surface area contributed by atoms with Gasteiger partial charge < -0.3 is 15.2 Å². The van der Waals surface area contributed by atoms with Crippen LogP contribution in [0.15, 0.2) is 35.2 Å². The lowest BCUT2D eigenvalue weighted by atomic mass is 10.2. The van der Waals surface area contributed by atoms with Crippen LogP contribution in [0.2, 0.25) is 0 Å². The maximum Gasteiger partial charge on any atom is 0.255 e. The van der Waals surface area contributed by atoms with Gasteiger partial charge in [0.25, 0.3) is 5.91 Å². The van der Waals surface area contributed by atoms with Crippen molar-refractivity contribution in [3.05, 3.63) is 59.2 Å². The van der Waals surface area contributed by atoms with Crippen LogP contribution in [0.5, 0.6) is 0 Å². The third kappa shape index (κ3) is 5.21. The fourth-order valence-electron chi connectivity index (χ4n) is 2.93. The highest BCUT2D eigenvalue weighted by Gasteiger charge is 2.30. The highest BCUT2D eigenvalue weighted by molar-refractivity contribution is 7.89. The summed E-state index contributed by atoms with van der Waals surface area (Å²) in [6.07, 6.45) is -0.806. The lowest BCUT2D eigenvalue weighted by Gasteiger charge is -2.26. The summed E-state index contributed by atoms with van der Waals surface area (Å²) in [6.45, 7) is -0.127. The van der Waals surface area contributed by atoms with Crippen LogP contribution in [0, 0.1) is 23.3 Å². The van der Waals surface area contributed by atoms with E-state index in [-0.39, 0.29) is 38.3 Å². The van der Waals surface area contributed by atoms with Gasteiger partial charge in [0.15, 0.2) is 17.5 Å². The van der Waals surface area contributed by atoms with Crippen LogP contribution >= 0.6 is 0 Å². The van der Waals surface area contributed by atoms with E-state index in [4.69, 9.17) is 4.74 Å². The average molecular weight is 462 g/mol. The number of ether oxygens (including phenoxy) is 1. The van der Waals surface area contributed by atoms with Gasteiger partial charge in [-0.25, -0.2) is 26.0 Å². The van der Waals surface area contributed by atoms with Gasteiger partial charge >= 0.3 is 0 Å². The number of amides is 1. The van der Waals surface area contributed by atoms with Gasteiger partial charge in [-0.2, -0.15) is 4.31 Å². The molecule has 1 saturated heterocycles. The smallest absolute Gasteiger partial charge is 0.255 e. The zero-order valence-corrected chi connectivity index (χ0v) is 16.8. The second-order valence-corrected chi connectivity index (χ2v) is 8.68. The van der Waals surface area contributed by atoms with Gasteiger partial charge in [0.2, 0.25) is 10.0 Å². The summed E-state index contributed by atoms with van der Waals surface area (Å²) in [4.78, 5) is 11.6. The molecule has 1 atom stereocenters. The monoisotopic (exact) mass is 462 g/mol. The number of carbonyl (C=O) groups excluding carboxylic acids is 1. The van der Waals surface area contributed by atoms with Crippen molar-refractivity contribution in [2.75, 3.05) is 31.6 Å². The number of sulfonamides is 1. The second kappa shape index (κ2) is 9.30. The Morgan fingerprint density at radius 3 is 2.42 bits per heavy atom. The van der Waals surface area contributed by atoms with Crippen LogP contribution in [0.1, 0.15) is 16.8 Å². The molecule has 31 heavy (non-hydrogen) atoms. The van der Waals surface area contributed by atoms with E-state index in [0.29, 0.717) is 12.1 Å². The molecular formula is C19H18F4N2O5S. The fourth-order valence-corrected chi connectivity index (χ4v) is 4.46. The highest BCUT2D eigenvalue weighted by Crippen LogP contribution is 2.23. The molecule has 1 fully saturated rings.